The summed E-state index contributed by atoms with van der Waals surface area (Å²) < 4.78 is 5.47. The summed E-state index contributed by atoms with van der Waals surface area (Å²) in [6.45, 7) is 3.08. The molecule has 2 amide bonds. The average Bonchev–Trinajstić information content (AvgIpc) is 3.25. The molecule has 24 heavy (non-hydrogen) atoms. The van der Waals surface area contributed by atoms with Gasteiger partial charge in [0.15, 0.2) is 0 Å². The molecule has 126 valence electrons. The number of amides is 2. The van der Waals surface area contributed by atoms with Crippen LogP contribution in [0.25, 0.3) is 0 Å². The van der Waals surface area contributed by atoms with Crippen molar-refractivity contribution < 1.29 is 14.3 Å². The number of nitrogens with one attached hydrogen (secondary N) is 2. The standard InChI is InChI=1S/C16H18N4O3S/c1-10-19-20-16(24-10)15(22)18-12-6-4-11(5-7-12)14(21)17-9-13-3-2-8-23-13/h4-7,13H,2-3,8-9H2,1H3,(H,17,21)(H,18,22)/t13-/m1/s1. The quantitative estimate of drug-likeness (QED) is 0.864. The Hall–Kier alpha value is -2.32. The molecule has 1 aliphatic rings. The molecule has 2 N–H and O–H groups in total. The number of ether oxygens (including phenoxy) is 1. The molecule has 1 aromatic carbocycles. The maximum atomic E-state index is 12.1. The van der Waals surface area contributed by atoms with Crippen LogP contribution in [0.4, 0.5) is 5.69 Å². The summed E-state index contributed by atoms with van der Waals surface area (Å²) in [4.78, 5) is 24.1. The van der Waals surface area contributed by atoms with E-state index in [1.54, 1.807) is 31.2 Å². The van der Waals surface area contributed by atoms with Crippen molar-refractivity contribution in [1.82, 2.24) is 15.5 Å². The Kier molecular flexibility index (Phi) is 5.17. The van der Waals surface area contributed by atoms with E-state index in [2.05, 4.69) is 20.8 Å². The first kappa shape index (κ1) is 16.5. The number of rotatable bonds is 5. The summed E-state index contributed by atoms with van der Waals surface area (Å²) in [7, 11) is 0. The van der Waals surface area contributed by atoms with Crippen molar-refractivity contribution in [3.63, 3.8) is 0 Å². The van der Waals surface area contributed by atoms with Crippen LogP contribution in [0.3, 0.4) is 0 Å². The van der Waals surface area contributed by atoms with Gasteiger partial charge in [0.05, 0.1) is 6.10 Å². The second-order valence-electron chi connectivity index (χ2n) is 5.50. The highest BCUT2D eigenvalue weighted by atomic mass is 32.1. The van der Waals surface area contributed by atoms with Gasteiger partial charge in [-0.1, -0.05) is 11.3 Å². The number of aromatic nitrogens is 2. The maximum Gasteiger partial charge on any atom is 0.286 e. The van der Waals surface area contributed by atoms with Crippen LogP contribution in [-0.2, 0) is 4.74 Å². The number of carbonyl (C=O) groups excluding carboxylic acids is 2. The molecule has 0 bridgehead atoms. The number of aryl methyl sites for hydroxylation is 1. The number of nitrogens with zero attached hydrogens (tertiary/aromatic N) is 2. The molecular formula is C16H18N4O3S. The third kappa shape index (κ3) is 4.15. The monoisotopic (exact) mass is 346 g/mol. The van der Waals surface area contributed by atoms with Gasteiger partial charge in [-0.15, -0.1) is 10.2 Å². The zero-order valence-corrected chi connectivity index (χ0v) is 14.1. The molecule has 0 radical (unpaired) electrons. The molecule has 2 aromatic rings. The predicted molar refractivity (Wildman–Crippen MR) is 90.3 cm³/mol. The van der Waals surface area contributed by atoms with E-state index in [1.807, 2.05) is 0 Å². The van der Waals surface area contributed by atoms with Gasteiger partial charge in [0.2, 0.25) is 5.01 Å². The molecule has 1 saturated heterocycles. The minimum Gasteiger partial charge on any atom is -0.376 e. The summed E-state index contributed by atoms with van der Waals surface area (Å²) in [6.07, 6.45) is 2.14. The van der Waals surface area contributed by atoms with Gasteiger partial charge in [-0.3, -0.25) is 9.59 Å². The van der Waals surface area contributed by atoms with Crippen LogP contribution in [0.2, 0.25) is 0 Å². The fraction of sp³-hybridized carbons (Fsp3) is 0.375. The number of hydrogen-bond donors (Lipinski definition) is 2. The molecule has 0 aliphatic carbocycles. The SMILES string of the molecule is Cc1nnc(C(=O)Nc2ccc(C(=O)NC[C@H]3CCCO3)cc2)s1. The molecule has 3 rings (SSSR count). The molecule has 8 heteroatoms. The summed E-state index contributed by atoms with van der Waals surface area (Å²) in [6, 6.07) is 6.72. The van der Waals surface area contributed by atoms with Gasteiger partial charge in [0.1, 0.15) is 5.01 Å². The molecule has 1 atom stereocenters. The number of anilines is 1. The second-order valence-corrected chi connectivity index (χ2v) is 6.68. The van der Waals surface area contributed by atoms with Crippen LogP contribution in [0.1, 0.15) is 38.0 Å². The normalized spacial score (nSPS) is 16.8. The lowest BCUT2D eigenvalue weighted by Crippen LogP contribution is -2.31. The van der Waals surface area contributed by atoms with Gasteiger partial charge in [0.25, 0.3) is 11.8 Å². The lowest BCUT2D eigenvalue weighted by Gasteiger charge is -2.11. The highest BCUT2D eigenvalue weighted by Gasteiger charge is 2.17. The number of benzene rings is 1. The summed E-state index contributed by atoms with van der Waals surface area (Å²) in [5.41, 5.74) is 1.14. The van der Waals surface area contributed by atoms with Gasteiger partial charge < -0.3 is 15.4 Å². The zero-order chi connectivity index (χ0) is 16.9. The van der Waals surface area contributed by atoms with Crippen LogP contribution in [0, 0.1) is 6.92 Å². The Bertz CT molecular complexity index is 723. The number of hydrogen-bond acceptors (Lipinski definition) is 6. The van der Waals surface area contributed by atoms with Gasteiger partial charge in [-0.05, 0) is 44.0 Å². The first-order chi connectivity index (χ1) is 11.6. The highest BCUT2D eigenvalue weighted by Crippen LogP contribution is 2.14. The van der Waals surface area contributed by atoms with E-state index >= 15 is 0 Å². The second kappa shape index (κ2) is 7.50. The molecule has 1 fully saturated rings. The van der Waals surface area contributed by atoms with Gasteiger partial charge in [0, 0.05) is 24.4 Å². The summed E-state index contributed by atoms with van der Waals surface area (Å²) in [5.74, 6) is -0.459. The largest absolute Gasteiger partial charge is 0.376 e. The van der Waals surface area contributed by atoms with Crippen LogP contribution in [-0.4, -0.2) is 41.3 Å². The first-order valence-electron chi connectivity index (χ1n) is 7.73. The van der Waals surface area contributed by atoms with E-state index < -0.39 is 0 Å². The molecular weight excluding hydrogens is 328 g/mol. The summed E-state index contributed by atoms with van der Waals surface area (Å²) >= 11 is 1.23. The van der Waals surface area contributed by atoms with Crippen molar-refractivity contribution >= 4 is 28.8 Å². The Balaban J connectivity index is 1.54. The molecule has 0 unspecified atom stereocenters. The Morgan fingerprint density at radius 3 is 2.67 bits per heavy atom. The topological polar surface area (TPSA) is 93.2 Å². The third-order valence-electron chi connectivity index (χ3n) is 3.64. The molecule has 0 saturated carbocycles. The molecule has 2 heterocycles. The minimum atomic E-state index is -0.309. The third-order valence-corrected chi connectivity index (χ3v) is 4.48. The van der Waals surface area contributed by atoms with E-state index in [4.69, 9.17) is 4.74 Å². The van der Waals surface area contributed by atoms with E-state index in [1.165, 1.54) is 11.3 Å². The van der Waals surface area contributed by atoms with Crippen molar-refractivity contribution in [3.8, 4) is 0 Å². The van der Waals surface area contributed by atoms with Gasteiger partial charge >= 0.3 is 0 Å². The van der Waals surface area contributed by atoms with E-state index in [9.17, 15) is 9.59 Å². The van der Waals surface area contributed by atoms with Crippen LogP contribution < -0.4 is 10.6 Å². The maximum absolute atomic E-state index is 12.1. The van der Waals surface area contributed by atoms with E-state index in [0.717, 1.165) is 24.5 Å². The predicted octanol–water partition coefficient (Wildman–Crippen LogP) is 2.01. The highest BCUT2D eigenvalue weighted by molar-refractivity contribution is 7.13. The smallest absolute Gasteiger partial charge is 0.286 e. The Morgan fingerprint density at radius 1 is 1.25 bits per heavy atom. The van der Waals surface area contributed by atoms with Crippen LogP contribution >= 0.6 is 11.3 Å². The molecule has 1 aliphatic heterocycles. The zero-order valence-electron chi connectivity index (χ0n) is 13.2. The molecule has 7 nitrogen and oxygen atoms in total. The minimum absolute atomic E-state index is 0.114. The van der Waals surface area contributed by atoms with Gasteiger partial charge in [-0.2, -0.15) is 0 Å². The van der Waals surface area contributed by atoms with E-state index in [0.29, 0.717) is 22.8 Å². The fourth-order valence-corrected chi connectivity index (χ4v) is 2.98. The first-order valence-corrected chi connectivity index (χ1v) is 8.55. The van der Waals surface area contributed by atoms with Crippen molar-refractivity contribution in [1.29, 1.82) is 0 Å². The average molecular weight is 346 g/mol. The van der Waals surface area contributed by atoms with Crippen molar-refractivity contribution in [2.75, 3.05) is 18.5 Å². The van der Waals surface area contributed by atoms with Crippen molar-refractivity contribution in [3.05, 3.63) is 39.8 Å². The fourth-order valence-electron chi connectivity index (χ4n) is 2.39. The number of carbonyl (C=O) groups is 2. The van der Waals surface area contributed by atoms with E-state index in [-0.39, 0.29) is 17.9 Å². The van der Waals surface area contributed by atoms with Crippen LogP contribution in [0.5, 0.6) is 0 Å². The lowest BCUT2D eigenvalue weighted by molar-refractivity contribution is 0.0857. The molecule has 0 spiro atoms. The Labute approximate surface area is 143 Å². The van der Waals surface area contributed by atoms with Gasteiger partial charge in [-0.25, -0.2) is 0 Å². The molecule has 1 aromatic heterocycles. The Morgan fingerprint density at radius 2 is 2.04 bits per heavy atom. The van der Waals surface area contributed by atoms with Crippen LogP contribution in [0.15, 0.2) is 24.3 Å². The summed E-state index contributed by atoms with van der Waals surface area (Å²) in [5, 5.41) is 14.3. The lowest BCUT2D eigenvalue weighted by atomic mass is 10.2. The van der Waals surface area contributed by atoms with Crippen molar-refractivity contribution in [2.24, 2.45) is 0 Å². The van der Waals surface area contributed by atoms with Crippen molar-refractivity contribution in [2.45, 2.75) is 25.9 Å².